The molecule has 3 aromatic carbocycles. The van der Waals surface area contributed by atoms with E-state index in [0.717, 1.165) is 10.5 Å². The van der Waals surface area contributed by atoms with Crippen molar-refractivity contribution < 1.29 is 19.2 Å². The molecule has 1 unspecified atom stereocenters. The van der Waals surface area contributed by atoms with Gasteiger partial charge in [0.1, 0.15) is 5.54 Å². The van der Waals surface area contributed by atoms with Gasteiger partial charge in [-0.2, -0.15) is 0 Å². The zero-order valence-corrected chi connectivity index (χ0v) is 18.4. The molecule has 1 spiro atoms. The fraction of sp³-hybridized carbons (Fsp3) is 0.185. The van der Waals surface area contributed by atoms with E-state index in [9.17, 15) is 19.2 Å². The van der Waals surface area contributed by atoms with Crippen molar-refractivity contribution in [3.63, 3.8) is 0 Å². The van der Waals surface area contributed by atoms with Crippen LogP contribution in [-0.4, -0.2) is 40.6 Å². The zero-order chi connectivity index (χ0) is 23.7. The summed E-state index contributed by atoms with van der Waals surface area (Å²) in [5.74, 6) is -0.955. The Bertz CT molecular complexity index is 1290. The van der Waals surface area contributed by atoms with Crippen molar-refractivity contribution in [1.82, 2.24) is 10.2 Å². The van der Waals surface area contributed by atoms with Gasteiger partial charge in [-0.15, -0.1) is 0 Å². The first-order valence-electron chi connectivity index (χ1n) is 11.2. The van der Waals surface area contributed by atoms with Crippen LogP contribution in [-0.2, 0) is 17.6 Å². The van der Waals surface area contributed by atoms with Gasteiger partial charge in [0.05, 0.1) is 6.54 Å². The molecule has 7 heteroatoms. The molecule has 0 radical (unpaired) electrons. The Hall–Kier alpha value is -4.26. The average Bonchev–Trinajstić information content (AvgIpc) is 3.08. The normalized spacial score (nSPS) is 19.0. The second-order valence-electron chi connectivity index (χ2n) is 8.67. The van der Waals surface area contributed by atoms with Crippen LogP contribution in [0.2, 0.25) is 0 Å². The molecule has 7 nitrogen and oxygen atoms in total. The van der Waals surface area contributed by atoms with Crippen molar-refractivity contribution in [3.05, 3.63) is 101 Å². The number of imide groups is 1. The van der Waals surface area contributed by atoms with Crippen molar-refractivity contribution in [2.45, 2.75) is 24.8 Å². The highest BCUT2D eigenvalue weighted by Crippen LogP contribution is 2.33. The number of hydrogen-bond donors (Lipinski definition) is 2. The molecule has 1 fully saturated rings. The van der Waals surface area contributed by atoms with Crippen LogP contribution in [0.15, 0.2) is 78.9 Å². The van der Waals surface area contributed by atoms with E-state index in [1.807, 2.05) is 30.3 Å². The van der Waals surface area contributed by atoms with Crippen LogP contribution in [0.3, 0.4) is 0 Å². The Balaban J connectivity index is 1.25. The lowest BCUT2D eigenvalue weighted by Gasteiger charge is -2.32. The van der Waals surface area contributed by atoms with Crippen molar-refractivity contribution in [3.8, 4) is 0 Å². The summed E-state index contributed by atoms with van der Waals surface area (Å²) in [6.45, 7) is -0.330. The molecular weight excluding hydrogens is 430 g/mol. The third-order valence-corrected chi connectivity index (χ3v) is 6.48. The molecule has 2 aliphatic rings. The Labute approximate surface area is 196 Å². The minimum absolute atomic E-state index is 0.252. The van der Waals surface area contributed by atoms with E-state index >= 15 is 0 Å². The lowest BCUT2D eigenvalue weighted by molar-refractivity contribution is -0.131. The summed E-state index contributed by atoms with van der Waals surface area (Å²) in [4.78, 5) is 52.0. The van der Waals surface area contributed by atoms with Crippen LogP contribution >= 0.6 is 0 Å². The zero-order valence-electron chi connectivity index (χ0n) is 18.4. The topological polar surface area (TPSA) is 95.6 Å². The predicted molar refractivity (Wildman–Crippen MR) is 127 cm³/mol. The van der Waals surface area contributed by atoms with Crippen LogP contribution in [0.25, 0.3) is 0 Å². The fourth-order valence-corrected chi connectivity index (χ4v) is 4.61. The molecule has 170 valence electrons. The number of aryl methyl sites for hydroxylation is 1. The SMILES string of the molecule is O=C(CN1C(=O)NC2(CCc3ccccc3C2)C1=O)c1ccc(NC(=O)c2ccccc2)cc1. The minimum atomic E-state index is -0.989. The van der Waals surface area contributed by atoms with E-state index < -0.39 is 11.6 Å². The first-order chi connectivity index (χ1) is 16.4. The Morgan fingerprint density at radius 1 is 0.853 bits per heavy atom. The highest BCUT2D eigenvalue weighted by Gasteiger charge is 2.52. The number of Topliss-reactive ketones (excluding diaryl/α,β-unsaturated/α-hetero) is 1. The Morgan fingerprint density at radius 2 is 1.53 bits per heavy atom. The monoisotopic (exact) mass is 453 g/mol. The molecular formula is C27H23N3O4. The average molecular weight is 453 g/mol. The lowest BCUT2D eigenvalue weighted by atomic mass is 9.78. The number of hydrogen-bond acceptors (Lipinski definition) is 4. The Kier molecular flexibility index (Phi) is 5.45. The van der Waals surface area contributed by atoms with Crippen LogP contribution in [0, 0.1) is 0 Å². The number of benzene rings is 3. The quantitative estimate of drug-likeness (QED) is 0.456. The molecule has 4 amide bonds. The van der Waals surface area contributed by atoms with E-state index in [1.54, 1.807) is 48.5 Å². The maximum absolute atomic E-state index is 13.2. The molecule has 0 aromatic heterocycles. The molecule has 0 bridgehead atoms. The molecule has 34 heavy (non-hydrogen) atoms. The second kappa shape index (κ2) is 8.59. The smallest absolute Gasteiger partial charge is 0.323 e. The first kappa shape index (κ1) is 21.6. The molecule has 1 aliphatic carbocycles. The fourth-order valence-electron chi connectivity index (χ4n) is 4.61. The standard InChI is InChI=1S/C27H23N3O4/c31-23(19-10-12-22(13-11-19)28-24(32)20-7-2-1-3-8-20)17-30-25(33)27(29-26(30)34)15-14-18-6-4-5-9-21(18)16-27/h1-13H,14-17H2,(H,28,32)(H,29,34). The molecule has 3 aromatic rings. The molecule has 1 atom stereocenters. The largest absolute Gasteiger partial charge is 0.325 e. The van der Waals surface area contributed by atoms with Crippen molar-refractivity contribution in [1.29, 1.82) is 0 Å². The highest BCUT2D eigenvalue weighted by molar-refractivity contribution is 6.11. The maximum atomic E-state index is 13.2. The van der Waals surface area contributed by atoms with Gasteiger partial charge in [0.25, 0.3) is 11.8 Å². The van der Waals surface area contributed by atoms with Gasteiger partial charge in [-0.05, 0) is 60.4 Å². The van der Waals surface area contributed by atoms with Gasteiger partial charge >= 0.3 is 6.03 Å². The number of ketones is 1. The lowest BCUT2D eigenvalue weighted by Crippen LogP contribution is -2.51. The van der Waals surface area contributed by atoms with Crippen molar-refractivity contribution in [2.75, 3.05) is 11.9 Å². The van der Waals surface area contributed by atoms with Gasteiger partial charge in [-0.25, -0.2) is 4.79 Å². The third-order valence-electron chi connectivity index (χ3n) is 6.48. The summed E-state index contributed by atoms with van der Waals surface area (Å²) in [7, 11) is 0. The van der Waals surface area contributed by atoms with Crippen LogP contribution in [0.1, 0.15) is 38.3 Å². The van der Waals surface area contributed by atoms with Gasteiger partial charge in [-0.3, -0.25) is 19.3 Å². The predicted octanol–water partition coefficient (Wildman–Crippen LogP) is 3.60. The number of anilines is 1. The van der Waals surface area contributed by atoms with Gasteiger partial charge in [0, 0.05) is 23.2 Å². The number of rotatable bonds is 5. The second-order valence-corrected chi connectivity index (χ2v) is 8.67. The van der Waals surface area contributed by atoms with Gasteiger partial charge < -0.3 is 10.6 Å². The maximum Gasteiger partial charge on any atom is 0.325 e. The summed E-state index contributed by atoms with van der Waals surface area (Å²) >= 11 is 0. The van der Waals surface area contributed by atoms with E-state index in [2.05, 4.69) is 10.6 Å². The van der Waals surface area contributed by atoms with E-state index in [-0.39, 0.29) is 24.1 Å². The summed E-state index contributed by atoms with van der Waals surface area (Å²) < 4.78 is 0. The number of urea groups is 1. The Morgan fingerprint density at radius 3 is 2.26 bits per heavy atom. The molecule has 0 saturated carbocycles. The van der Waals surface area contributed by atoms with Crippen molar-refractivity contribution in [2.24, 2.45) is 0 Å². The summed E-state index contributed by atoms with van der Waals surface area (Å²) in [5, 5.41) is 5.63. The number of fused-ring (bicyclic) bond motifs is 1. The van der Waals surface area contributed by atoms with Crippen LogP contribution in [0.4, 0.5) is 10.5 Å². The van der Waals surface area contributed by atoms with E-state index in [1.165, 1.54) is 5.56 Å². The number of carbonyl (C=O) groups excluding carboxylic acids is 4. The third kappa shape index (κ3) is 3.96. The summed E-state index contributed by atoms with van der Waals surface area (Å²) in [5.41, 5.74) is 2.67. The number of amides is 4. The van der Waals surface area contributed by atoms with Gasteiger partial charge in [-0.1, -0.05) is 42.5 Å². The van der Waals surface area contributed by atoms with Crippen LogP contribution in [0.5, 0.6) is 0 Å². The summed E-state index contributed by atoms with van der Waals surface area (Å²) in [6.07, 6.45) is 1.63. The summed E-state index contributed by atoms with van der Waals surface area (Å²) in [6, 6.07) is 22.6. The highest BCUT2D eigenvalue weighted by atomic mass is 16.2. The van der Waals surface area contributed by atoms with Crippen molar-refractivity contribution >= 4 is 29.3 Å². The first-order valence-corrected chi connectivity index (χ1v) is 11.2. The number of nitrogens with one attached hydrogen (secondary N) is 2. The molecule has 1 aliphatic heterocycles. The van der Waals surface area contributed by atoms with E-state index in [4.69, 9.17) is 0 Å². The number of nitrogens with zero attached hydrogens (tertiary/aromatic N) is 1. The molecule has 1 saturated heterocycles. The minimum Gasteiger partial charge on any atom is -0.323 e. The molecule has 5 rings (SSSR count). The molecule has 1 heterocycles. The van der Waals surface area contributed by atoms with Gasteiger partial charge in [0.15, 0.2) is 5.78 Å². The molecule has 2 N–H and O–H groups in total. The van der Waals surface area contributed by atoms with E-state index in [0.29, 0.717) is 36.1 Å². The van der Waals surface area contributed by atoms with Gasteiger partial charge in [0.2, 0.25) is 0 Å². The number of carbonyl (C=O) groups is 4. The van der Waals surface area contributed by atoms with Crippen LogP contribution < -0.4 is 10.6 Å².